The molecular weight excluding hydrogens is 290 g/mol. The van der Waals surface area contributed by atoms with Gasteiger partial charge in [-0.05, 0) is 42.5 Å². The van der Waals surface area contributed by atoms with E-state index in [9.17, 15) is 0 Å². The zero-order chi connectivity index (χ0) is 14.4. The average Bonchev–Trinajstić information content (AvgIpc) is 2.89. The summed E-state index contributed by atoms with van der Waals surface area (Å²) >= 11 is 7.70. The lowest BCUT2D eigenvalue weighted by Crippen LogP contribution is -2.19. The Balaban J connectivity index is 1.94. The second-order valence-corrected chi connectivity index (χ2v) is 6.00. The molecule has 2 aromatic rings. The van der Waals surface area contributed by atoms with Crippen molar-refractivity contribution in [2.45, 2.75) is 31.7 Å². The molecular formula is C16H20ClNOS. The van der Waals surface area contributed by atoms with Crippen LogP contribution in [0.15, 0.2) is 40.8 Å². The van der Waals surface area contributed by atoms with Gasteiger partial charge in [0.05, 0.1) is 12.3 Å². The molecule has 1 aromatic heterocycles. The second kappa shape index (κ2) is 7.77. The monoisotopic (exact) mass is 309 g/mol. The summed E-state index contributed by atoms with van der Waals surface area (Å²) in [7, 11) is 0. The van der Waals surface area contributed by atoms with E-state index >= 15 is 0 Å². The molecule has 0 saturated carbocycles. The number of nitrogens with one attached hydrogen (secondary N) is 1. The zero-order valence-corrected chi connectivity index (χ0v) is 13.4. The van der Waals surface area contributed by atoms with Crippen molar-refractivity contribution < 1.29 is 4.42 Å². The highest BCUT2D eigenvalue weighted by molar-refractivity contribution is 7.97. The van der Waals surface area contributed by atoms with Crippen LogP contribution in [-0.2, 0) is 12.3 Å². The van der Waals surface area contributed by atoms with Gasteiger partial charge in [0.2, 0.25) is 0 Å². The van der Waals surface area contributed by atoms with Gasteiger partial charge in [0.15, 0.2) is 0 Å². The maximum absolute atomic E-state index is 5.93. The summed E-state index contributed by atoms with van der Waals surface area (Å²) in [6.45, 7) is 2.92. The van der Waals surface area contributed by atoms with Gasteiger partial charge in [0.1, 0.15) is 11.5 Å². The van der Waals surface area contributed by atoms with E-state index in [0.29, 0.717) is 6.04 Å². The van der Waals surface area contributed by atoms with Crippen LogP contribution in [0.5, 0.6) is 0 Å². The van der Waals surface area contributed by atoms with Crippen LogP contribution in [0.3, 0.4) is 0 Å². The molecule has 0 fully saturated rings. The standard InChI is InChI=1S/C16H20ClNOS/c1-3-16(12-4-6-13(17)7-5-12)18-10-14-8-9-15(19-14)11-20-2/h4-9,16,18H,3,10-11H2,1-2H3. The molecule has 0 aliphatic carbocycles. The van der Waals surface area contributed by atoms with Crippen molar-refractivity contribution in [1.82, 2.24) is 5.32 Å². The third-order valence-electron chi connectivity index (χ3n) is 3.21. The van der Waals surface area contributed by atoms with Crippen molar-refractivity contribution in [3.05, 3.63) is 58.5 Å². The third kappa shape index (κ3) is 4.30. The Bertz CT molecular complexity index is 524. The van der Waals surface area contributed by atoms with E-state index < -0.39 is 0 Å². The molecule has 108 valence electrons. The van der Waals surface area contributed by atoms with Gasteiger partial charge in [-0.15, -0.1) is 0 Å². The van der Waals surface area contributed by atoms with Crippen molar-refractivity contribution >= 4 is 23.4 Å². The predicted octanol–water partition coefficient (Wildman–Crippen LogP) is 5.04. The lowest BCUT2D eigenvalue weighted by atomic mass is 10.0. The van der Waals surface area contributed by atoms with Gasteiger partial charge < -0.3 is 9.73 Å². The first-order chi connectivity index (χ1) is 9.72. The number of benzene rings is 1. The SMILES string of the molecule is CCC(NCc1ccc(CSC)o1)c1ccc(Cl)cc1. The van der Waals surface area contributed by atoms with Crippen LogP contribution in [0.25, 0.3) is 0 Å². The van der Waals surface area contributed by atoms with Crippen LogP contribution in [0.4, 0.5) is 0 Å². The summed E-state index contributed by atoms with van der Waals surface area (Å²) in [4.78, 5) is 0. The van der Waals surface area contributed by atoms with E-state index in [2.05, 4.69) is 36.7 Å². The molecule has 1 heterocycles. The second-order valence-electron chi connectivity index (χ2n) is 4.69. The number of hydrogen-bond acceptors (Lipinski definition) is 3. The van der Waals surface area contributed by atoms with Crippen LogP contribution < -0.4 is 5.32 Å². The smallest absolute Gasteiger partial charge is 0.118 e. The molecule has 1 atom stereocenters. The summed E-state index contributed by atoms with van der Waals surface area (Å²) in [6, 6.07) is 12.4. The van der Waals surface area contributed by atoms with Crippen LogP contribution in [0.2, 0.25) is 5.02 Å². The number of hydrogen-bond donors (Lipinski definition) is 1. The molecule has 4 heteroatoms. The Morgan fingerprint density at radius 3 is 2.50 bits per heavy atom. The Morgan fingerprint density at radius 2 is 1.85 bits per heavy atom. The summed E-state index contributed by atoms with van der Waals surface area (Å²) in [5.74, 6) is 2.95. The fraction of sp³-hybridized carbons (Fsp3) is 0.375. The van der Waals surface area contributed by atoms with Crippen LogP contribution in [0, 0.1) is 0 Å². The maximum Gasteiger partial charge on any atom is 0.118 e. The van der Waals surface area contributed by atoms with Crippen LogP contribution in [-0.4, -0.2) is 6.26 Å². The highest BCUT2D eigenvalue weighted by Crippen LogP contribution is 2.20. The van der Waals surface area contributed by atoms with E-state index in [1.165, 1.54) is 5.56 Å². The van der Waals surface area contributed by atoms with E-state index in [1.54, 1.807) is 11.8 Å². The maximum atomic E-state index is 5.93. The zero-order valence-electron chi connectivity index (χ0n) is 11.9. The first kappa shape index (κ1) is 15.5. The number of furan rings is 1. The van der Waals surface area contributed by atoms with Crippen molar-refractivity contribution in [1.29, 1.82) is 0 Å². The van der Waals surface area contributed by atoms with Gasteiger partial charge in [-0.1, -0.05) is 30.7 Å². The molecule has 0 amide bonds. The summed E-state index contributed by atoms with van der Waals surface area (Å²) in [6.07, 6.45) is 3.11. The summed E-state index contributed by atoms with van der Waals surface area (Å²) < 4.78 is 5.77. The first-order valence-electron chi connectivity index (χ1n) is 6.78. The minimum atomic E-state index is 0.321. The molecule has 0 spiro atoms. The third-order valence-corrected chi connectivity index (χ3v) is 4.03. The van der Waals surface area contributed by atoms with Crippen molar-refractivity contribution in [3.8, 4) is 0 Å². The van der Waals surface area contributed by atoms with Crippen molar-refractivity contribution in [2.75, 3.05) is 6.26 Å². The molecule has 1 N–H and O–H groups in total. The fourth-order valence-corrected chi connectivity index (χ4v) is 2.72. The average molecular weight is 310 g/mol. The Labute approximate surface area is 129 Å². The molecule has 1 aromatic carbocycles. The lowest BCUT2D eigenvalue weighted by Gasteiger charge is -2.16. The van der Waals surface area contributed by atoms with Crippen molar-refractivity contribution in [2.24, 2.45) is 0 Å². The molecule has 0 aliphatic heterocycles. The fourth-order valence-electron chi connectivity index (χ4n) is 2.15. The minimum absolute atomic E-state index is 0.321. The number of rotatable bonds is 7. The van der Waals surface area contributed by atoms with Gasteiger partial charge in [-0.2, -0.15) is 11.8 Å². The topological polar surface area (TPSA) is 25.2 Å². The molecule has 2 rings (SSSR count). The largest absolute Gasteiger partial charge is 0.464 e. The highest BCUT2D eigenvalue weighted by atomic mass is 35.5. The minimum Gasteiger partial charge on any atom is -0.464 e. The molecule has 20 heavy (non-hydrogen) atoms. The molecule has 0 radical (unpaired) electrons. The number of thioether (sulfide) groups is 1. The molecule has 1 unspecified atom stereocenters. The number of halogens is 1. The predicted molar refractivity (Wildman–Crippen MR) is 87.3 cm³/mol. The summed E-state index contributed by atoms with van der Waals surface area (Å²) in [5, 5.41) is 4.31. The van der Waals surface area contributed by atoms with Gasteiger partial charge in [-0.25, -0.2) is 0 Å². The van der Waals surface area contributed by atoms with E-state index in [-0.39, 0.29) is 0 Å². The normalized spacial score (nSPS) is 12.6. The molecule has 2 nitrogen and oxygen atoms in total. The molecule has 0 saturated heterocycles. The van der Waals surface area contributed by atoms with Gasteiger partial charge in [-0.3, -0.25) is 0 Å². The van der Waals surface area contributed by atoms with E-state index in [0.717, 1.165) is 35.3 Å². The van der Waals surface area contributed by atoms with Crippen LogP contribution >= 0.6 is 23.4 Å². The van der Waals surface area contributed by atoms with Gasteiger partial charge in [0, 0.05) is 11.1 Å². The quantitative estimate of drug-likeness (QED) is 0.776. The van der Waals surface area contributed by atoms with Crippen molar-refractivity contribution in [3.63, 3.8) is 0 Å². The lowest BCUT2D eigenvalue weighted by molar-refractivity contribution is 0.429. The summed E-state index contributed by atoms with van der Waals surface area (Å²) in [5.41, 5.74) is 1.26. The first-order valence-corrected chi connectivity index (χ1v) is 8.55. The highest BCUT2D eigenvalue weighted by Gasteiger charge is 2.10. The molecule has 0 bridgehead atoms. The molecule has 0 aliphatic rings. The Hall–Kier alpha value is -0.900. The Kier molecular flexibility index (Phi) is 6.02. The Morgan fingerprint density at radius 1 is 1.15 bits per heavy atom. The van der Waals surface area contributed by atoms with E-state index in [4.69, 9.17) is 16.0 Å². The van der Waals surface area contributed by atoms with Gasteiger partial charge >= 0.3 is 0 Å². The van der Waals surface area contributed by atoms with E-state index in [1.807, 2.05) is 18.2 Å². The van der Waals surface area contributed by atoms with Crippen LogP contribution in [0.1, 0.15) is 36.5 Å². The van der Waals surface area contributed by atoms with Gasteiger partial charge in [0.25, 0.3) is 0 Å².